The van der Waals surface area contributed by atoms with Gasteiger partial charge in [-0.3, -0.25) is 14.4 Å². The van der Waals surface area contributed by atoms with Crippen molar-refractivity contribution in [1.82, 2.24) is 25.3 Å². The first kappa shape index (κ1) is 18.2. The van der Waals surface area contributed by atoms with Crippen molar-refractivity contribution in [2.45, 2.75) is 44.3 Å². The number of hydrogen-bond donors (Lipinski definition) is 2. The van der Waals surface area contributed by atoms with E-state index in [0.29, 0.717) is 5.69 Å². The molecule has 1 amide bonds. The maximum absolute atomic E-state index is 12.8. The van der Waals surface area contributed by atoms with Crippen LogP contribution in [0.1, 0.15) is 47.8 Å². The molecular formula is C21H29N5O. The predicted octanol–water partition coefficient (Wildman–Crippen LogP) is 2.20. The summed E-state index contributed by atoms with van der Waals surface area (Å²) in [6.07, 6.45) is 5.94. The number of carbonyl (C=O) groups is 1. The van der Waals surface area contributed by atoms with E-state index < -0.39 is 0 Å². The van der Waals surface area contributed by atoms with Gasteiger partial charge in [0.2, 0.25) is 0 Å². The molecule has 144 valence electrons. The fourth-order valence-electron chi connectivity index (χ4n) is 4.16. The number of piperidine rings is 2. The lowest BCUT2D eigenvalue weighted by Crippen LogP contribution is -2.45. The number of nitrogens with one attached hydrogen (secondary N) is 2. The monoisotopic (exact) mass is 367 g/mol. The molecule has 0 bridgehead atoms. The van der Waals surface area contributed by atoms with Gasteiger partial charge in [-0.05, 0) is 43.9 Å². The van der Waals surface area contributed by atoms with Crippen molar-refractivity contribution < 1.29 is 4.79 Å². The second-order valence-electron chi connectivity index (χ2n) is 7.67. The van der Waals surface area contributed by atoms with Crippen molar-refractivity contribution >= 4 is 5.91 Å². The summed E-state index contributed by atoms with van der Waals surface area (Å²) >= 11 is 0. The molecule has 1 atom stereocenters. The molecule has 1 aromatic heterocycles. The molecule has 2 N–H and O–H groups in total. The van der Waals surface area contributed by atoms with Crippen LogP contribution >= 0.6 is 0 Å². The van der Waals surface area contributed by atoms with Crippen molar-refractivity contribution in [3.05, 3.63) is 53.9 Å². The van der Waals surface area contributed by atoms with Crippen LogP contribution in [0.5, 0.6) is 0 Å². The molecule has 0 saturated carbocycles. The van der Waals surface area contributed by atoms with Crippen LogP contribution in [0.4, 0.5) is 0 Å². The normalized spacial score (nSPS) is 21.9. The summed E-state index contributed by atoms with van der Waals surface area (Å²) in [7, 11) is 0. The second kappa shape index (κ2) is 8.67. The number of amides is 1. The van der Waals surface area contributed by atoms with Gasteiger partial charge in [-0.1, -0.05) is 30.3 Å². The van der Waals surface area contributed by atoms with Crippen molar-refractivity contribution in [1.29, 1.82) is 0 Å². The molecule has 2 fully saturated rings. The predicted molar refractivity (Wildman–Crippen MR) is 106 cm³/mol. The minimum Gasteiger partial charge on any atom is -0.348 e. The Morgan fingerprint density at radius 2 is 1.96 bits per heavy atom. The fourth-order valence-corrected chi connectivity index (χ4v) is 4.16. The van der Waals surface area contributed by atoms with Gasteiger partial charge < -0.3 is 10.6 Å². The van der Waals surface area contributed by atoms with Crippen LogP contribution in [-0.4, -0.2) is 52.8 Å². The zero-order valence-electron chi connectivity index (χ0n) is 15.8. The van der Waals surface area contributed by atoms with E-state index in [9.17, 15) is 4.79 Å². The Balaban J connectivity index is 1.29. The maximum Gasteiger partial charge on any atom is 0.269 e. The molecule has 4 rings (SSSR count). The number of likely N-dealkylation sites (tertiary alicyclic amines) is 1. The van der Waals surface area contributed by atoms with E-state index in [1.807, 2.05) is 10.7 Å². The van der Waals surface area contributed by atoms with Gasteiger partial charge >= 0.3 is 0 Å². The van der Waals surface area contributed by atoms with E-state index in [0.717, 1.165) is 58.4 Å². The highest BCUT2D eigenvalue weighted by Crippen LogP contribution is 2.19. The maximum atomic E-state index is 12.8. The van der Waals surface area contributed by atoms with Crippen LogP contribution < -0.4 is 10.6 Å². The highest BCUT2D eigenvalue weighted by atomic mass is 16.2. The molecule has 2 aliphatic rings. The van der Waals surface area contributed by atoms with E-state index >= 15 is 0 Å². The minimum absolute atomic E-state index is 0.0135. The van der Waals surface area contributed by atoms with Crippen LogP contribution in [0.3, 0.4) is 0 Å². The highest BCUT2D eigenvalue weighted by molar-refractivity contribution is 5.92. The van der Waals surface area contributed by atoms with Gasteiger partial charge in [0, 0.05) is 38.4 Å². The largest absolute Gasteiger partial charge is 0.348 e. The Kier molecular flexibility index (Phi) is 5.84. The number of nitrogens with zero attached hydrogens (tertiary/aromatic N) is 3. The average Bonchev–Trinajstić information content (AvgIpc) is 3.21. The summed E-state index contributed by atoms with van der Waals surface area (Å²) in [5.74, 6) is 0.0135. The summed E-state index contributed by atoms with van der Waals surface area (Å²) in [5, 5.41) is 11.1. The zero-order chi connectivity index (χ0) is 18.5. The molecule has 1 aromatic carbocycles. The van der Waals surface area contributed by atoms with Gasteiger partial charge in [-0.15, -0.1) is 0 Å². The standard InChI is InChI=1S/C21H29N5O/c27-21(20-8-12-23-26(20)19-7-4-11-22-15-19)24-18-9-13-25(14-10-18)16-17-5-2-1-3-6-17/h1-3,5-6,8,12,18-19,22H,4,7,9-11,13-16H2,(H,24,27). The summed E-state index contributed by atoms with van der Waals surface area (Å²) in [5.41, 5.74) is 2.04. The third kappa shape index (κ3) is 4.57. The van der Waals surface area contributed by atoms with Crippen molar-refractivity contribution in [2.24, 2.45) is 0 Å². The third-order valence-electron chi connectivity index (χ3n) is 5.69. The lowest BCUT2D eigenvalue weighted by atomic mass is 10.0. The quantitative estimate of drug-likeness (QED) is 0.851. The van der Waals surface area contributed by atoms with Gasteiger partial charge in [-0.25, -0.2) is 0 Å². The first-order chi connectivity index (χ1) is 13.3. The van der Waals surface area contributed by atoms with Crippen LogP contribution in [0.2, 0.25) is 0 Å². The van der Waals surface area contributed by atoms with Crippen LogP contribution in [0, 0.1) is 0 Å². The first-order valence-corrected chi connectivity index (χ1v) is 10.1. The van der Waals surface area contributed by atoms with E-state index in [-0.39, 0.29) is 18.0 Å². The SMILES string of the molecule is O=C(NC1CCN(Cc2ccccc2)CC1)c1ccnn1C1CCCNC1. The van der Waals surface area contributed by atoms with Crippen molar-refractivity contribution in [3.63, 3.8) is 0 Å². The van der Waals surface area contributed by atoms with Gasteiger partial charge in [0.25, 0.3) is 5.91 Å². The zero-order valence-corrected chi connectivity index (χ0v) is 15.8. The molecule has 0 spiro atoms. The van der Waals surface area contributed by atoms with Gasteiger partial charge in [0.05, 0.1) is 6.04 Å². The summed E-state index contributed by atoms with van der Waals surface area (Å²) in [6, 6.07) is 13.0. The lowest BCUT2D eigenvalue weighted by Gasteiger charge is -2.32. The Morgan fingerprint density at radius 3 is 2.70 bits per heavy atom. The van der Waals surface area contributed by atoms with Gasteiger partial charge in [0.1, 0.15) is 5.69 Å². The summed E-state index contributed by atoms with van der Waals surface area (Å²) in [4.78, 5) is 15.3. The molecule has 1 unspecified atom stereocenters. The number of carbonyl (C=O) groups excluding carboxylic acids is 1. The molecule has 3 heterocycles. The average molecular weight is 367 g/mol. The Morgan fingerprint density at radius 1 is 1.15 bits per heavy atom. The molecule has 2 aromatic rings. The van der Waals surface area contributed by atoms with E-state index in [1.54, 1.807) is 6.20 Å². The van der Waals surface area contributed by atoms with Crippen LogP contribution in [0.15, 0.2) is 42.6 Å². The number of aromatic nitrogens is 2. The molecule has 0 radical (unpaired) electrons. The topological polar surface area (TPSA) is 62.2 Å². The molecule has 6 nitrogen and oxygen atoms in total. The Bertz CT molecular complexity index is 730. The number of hydrogen-bond acceptors (Lipinski definition) is 4. The second-order valence-corrected chi connectivity index (χ2v) is 7.67. The third-order valence-corrected chi connectivity index (χ3v) is 5.69. The fraction of sp³-hybridized carbons (Fsp3) is 0.524. The molecular weight excluding hydrogens is 338 g/mol. The molecule has 27 heavy (non-hydrogen) atoms. The molecule has 2 aliphatic heterocycles. The van der Waals surface area contributed by atoms with E-state index in [2.05, 4.69) is 51.0 Å². The number of benzene rings is 1. The summed E-state index contributed by atoms with van der Waals surface area (Å²) < 4.78 is 1.91. The van der Waals surface area contributed by atoms with Gasteiger partial charge in [-0.2, -0.15) is 5.10 Å². The van der Waals surface area contributed by atoms with Crippen molar-refractivity contribution in [2.75, 3.05) is 26.2 Å². The van der Waals surface area contributed by atoms with Crippen molar-refractivity contribution in [3.8, 4) is 0 Å². The van der Waals surface area contributed by atoms with E-state index in [1.165, 1.54) is 5.56 Å². The highest BCUT2D eigenvalue weighted by Gasteiger charge is 2.25. The molecule has 6 heteroatoms. The van der Waals surface area contributed by atoms with Gasteiger partial charge in [0.15, 0.2) is 0 Å². The Labute approximate surface area is 160 Å². The van der Waals surface area contributed by atoms with Crippen LogP contribution in [-0.2, 0) is 6.54 Å². The minimum atomic E-state index is 0.0135. The molecule has 2 saturated heterocycles. The van der Waals surface area contributed by atoms with E-state index in [4.69, 9.17) is 0 Å². The smallest absolute Gasteiger partial charge is 0.269 e. The molecule has 0 aliphatic carbocycles. The Hall–Kier alpha value is -2.18. The first-order valence-electron chi connectivity index (χ1n) is 10.1. The number of rotatable bonds is 5. The van der Waals surface area contributed by atoms with Crippen LogP contribution in [0.25, 0.3) is 0 Å². The lowest BCUT2D eigenvalue weighted by molar-refractivity contribution is 0.0894. The summed E-state index contributed by atoms with van der Waals surface area (Å²) in [6.45, 7) is 4.97.